The molecule has 1 unspecified atom stereocenters. The number of carbonyl (C=O) groups is 1. The summed E-state index contributed by atoms with van der Waals surface area (Å²) < 4.78 is 27.1. The first-order chi connectivity index (χ1) is 15.3. The zero-order chi connectivity index (χ0) is 23.0. The van der Waals surface area contributed by atoms with Gasteiger partial charge in [0, 0.05) is 22.5 Å². The van der Waals surface area contributed by atoms with Crippen LogP contribution in [0.5, 0.6) is 11.5 Å². The second-order valence-electron chi connectivity index (χ2n) is 7.69. The minimum absolute atomic E-state index is 0.0642. The first-order valence-corrected chi connectivity index (χ1v) is 10.1. The number of ether oxygens (including phenoxy) is 2. The number of anilines is 1. The number of carbonyl (C=O) groups excluding carboxylic acids is 1. The zero-order valence-electron chi connectivity index (χ0n) is 18.3. The molecule has 168 valence electrons. The number of aliphatic hydroxyl groups excluding tert-OH is 1. The van der Waals surface area contributed by atoms with Crippen LogP contribution in [0.4, 0.5) is 14.9 Å². The third-order valence-electron chi connectivity index (χ3n) is 5.51. The number of halogens is 1. The summed E-state index contributed by atoms with van der Waals surface area (Å²) in [5.74, 6) is 0.581. The molecule has 0 saturated carbocycles. The Labute approximate surface area is 185 Å². The van der Waals surface area contributed by atoms with Crippen molar-refractivity contribution in [3.8, 4) is 17.2 Å². The van der Waals surface area contributed by atoms with Crippen LogP contribution in [0, 0.1) is 19.7 Å². The van der Waals surface area contributed by atoms with Crippen molar-refractivity contribution in [3.63, 3.8) is 0 Å². The number of methoxy groups -OCH3 is 2. The van der Waals surface area contributed by atoms with Gasteiger partial charge < -0.3 is 24.8 Å². The Morgan fingerprint density at radius 3 is 2.50 bits per heavy atom. The van der Waals surface area contributed by atoms with Gasteiger partial charge in [-0.2, -0.15) is 5.10 Å². The fourth-order valence-corrected chi connectivity index (χ4v) is 4.06. The zero-order valence-corrected chi connectivity index (χ0v) is 18.3. The molecule has 4 rings (SSSR count). The number of nitrogens with one attached hydrogen (secondary N) is 1. The number of hydrogen-bond donors (Lipinski definition) is 2. The van der Waals surface area contributed by atoms with Crippen LogP contribution in [0.1, 0.15) is 28.6 Å². The lowest BCUT2D eigenvalue weighted by molar-refractivity contribution is 0.105. The van der Waals surface area contributed by atoms with E-state index in [1.54, 1.807) is 24.3 Å². The molecule has 9 heteroatoms. The molecule has 1 aliphatic rings. The van der Waals surface area contributed by atoms with E-state index >= 15 is 0 Å². The number of rotatable bonds is 4. The Morgan fingerprint density at radius 1 is 1.16 bits per heavy atom. The van der Waals surface area contributed by atoms with E-state index in [1.807, 2.05) is 19.9 Å². The van der Waals surface area contributed by atoms with Gasteiger partial charge in [0.05, 0.1) is 33.0 Å². The molecule has 0 radical (unpaired) electrons. The molecule has 0 saturated heterocycles. The van der Waals surface area contributed by atoms with Crippen LogP contribution >= 0.6 is 0 Å². The van der Waals surface area contributed by atoms with Crippen molar-refractivity contribution in [2.45, 2.75) is 26.5 Å². The summed E-state index contributed by atoms with van der Waals surface area (Å²) >= 11 is 0. The van der Waals surface area contributed by atoms with E-state index < -0.39 is 18.0 Å². The number of β-amino-alcohol motifs (C(OH)–C–C–N with tert-alkyl or cyclic N) is 1. The smallest absolute Gasteiger partial charge is 0.322 e. The fraction of sp³-hybridized carbons (Fsp3) is 0.304. The molecule has 1 aromatic heterocycles. The fourth-order valence-electron chi connectivity index (χ4n) is 4.06. The first-order valence-electron chi connectivity index (χ1n) is 10.1. The Hall–Kier alpha value is -3.59. The quantitative estimate of drug-likeness (QED) is 0.646. The lowest BCUT2D eigenvalue weighted by Crippen LogP contribution is -2.41. The number of nitrogens with zero attached hydrogens (tertiary/aromatic N) is 3. The summed E-state index contributed by atoms with van der Waals surface area (Å²) in [6.07, 6.45) is -0.945. The van der Waals surface area contributed by atoms with Gasteiger partial charge in [0.2, 0.25) is 0 Å². The standard InChI is InChI=1S/C23H25FN4O4/c1-13-9-14(2)28(26-13)18-6-5-15(10-17(18)24)25-23(30)27-11-16-20(31-3)7-8-21(32-4)22(16)19(29)12-27/h5-10,19,29H,11-12H2,1-4H3,(H,25,30). The van der Waals surface area contributed by atoms with Gasteiger partial charge in [-0.05, 0) is 50.2 Å². The summed E-state index contributed by atoms with van der Waals surface area (Å²) in [6.45, 7) is 3.96. The van der Waals surface area contributed by atoms with Gasteiger partial charge in [0.1, 0.15) is 23.3 Å². The highest BCUT2D eigenvalue weighted by Gasteiger charge is 2.32. The monoisotopic (exact) mass is 440 g/mol. The van der Waals surface area contributed by atoms with E-state index in [-0.39, 0.29) is 13.1 Å². The third kappa shape index (κ3) is 3.87. The van der Waals surface area contributed by atoms with E-state index in [0.29, 0.717) is 34.0 Å². The van der Waals surface area contributed by atoms with Crippen molar-refractivity contribution in [1.29, 1.82) is 0 Å². The SMILES string of the molecule is COc1ccc(OC)c2c1CN(C(=O)Nc1ccc(-n3nc(C)cc3C)c(F)c1)CC2O. The summed E-state index contributed by atoms with van der Waals surface area (Å²) in [5.41, 5.74) is 3.48. The van der Waals surface area contributed by atoms with E-state index in [2.05, 4.69) is 10.4 Å². The van der Waals surface area contributed by atoms with Gasteiger partial charge in [0.15, 0.2) is 5.82 Å². The molecule has 3 aromatic rings. The van der Waals surface area contributed by atoms with Gasteiger partial charge in [-0.1, -0.05) is 0 Å². The number of benzene rings is 2. The predicted octanol–water partition coefficient (Wildman–Crippen LogP) is 3.73. The molecule has 0 bridgehead atoms. The number of fused-ring (bicyclic) bond motifs is 1. The molecule has 1 atom stereocenters. The molecule has 2 N–H and O–H groups in total. The van der Waals surface area contributed by atoms with Crippen LogP contribution in [0.2, 0.25) is 0 Å². The lowest BCUT2D eigenvalue weighted by Gasteiger charge is -2.34. The predicted molar refractivity (Wildman–Crippen MR) is 117 cm³/mol. The van der Waals surface area contributed by atoms with Crippen molar-refractivity contribution in [1.82, 2.24) is 14.7 Å². The van der Waals surface area contributed by atoms with Crippen LogP contribution < -0.4 is 14.8 Å². The van der Waals surface area contributed by atoms with Crippen LogP contribution in [-0.2, 0) is 6.54 Å². The molecule has 0 aliphatic carbocycles. The minimum atomic E-state index is -0.945. The number of amides is 2. The number of hydrogen-bond acceptors (Lipinski definition) is 5. The van der Waals surface area contributed by atoms with Gasteiger partial charge in [-0.3, -0.25) is 0 Å². The average Bonchev–Trinajstić information content (AvgIpc) is 3.10. The minimum Gasteiger partial charge on any atom is -0.496 e. The van der Waals surface area contributed by atoms with Crippen molar-refractivity contribution < 1.29 is 23.8 Å². The second-order valence-corrected chi connectivity index (χ2v) is 7.69. The van der Waals surface area contributed by atoms with Crippen molar-refractivity contribution in [2.75, 3.05) is 26.1 Å². The Kier molecular flexibility index (Phi) is 5.75. The number of aryl methyl sites for hydroxylation is 2. The summed E-state index contributed by atoms with van der Waals surface area (Å²) in [5, 5.41) is 17.7. The maximum Gasteiger partial charge on any atom is 0.322 e. The van der Waals surface area contributed by atoms with Crippen LogP contribution in [0.15, 0.2) is 36.4 Å². The van der Waals surface area contributed by atoms with E-state index in [9.17, 15) is 14.3 Å². The van der Waals surface area contributed by atoms with Crippen LogP contribution in [-0.4, -0.2) is 46.6 Å². The molecule has 1 aliphatic heterocycles. The Balaban J connectivity index is 1.55. The highest BCUT2D eigenvalue weighted by Crippen LogP contribution is 2.39. The normalized spacial score (nSPS) is 15.3. The first kappa shape index (κ1) is 21.6. The summed E-state index contributed by atoms with van der Waals surface area (Å²) in [7, 11) is 3.05. The van der Waals surface area contributed by atoms with Gasteiger partial charge in [0.25, 0.3) is 0 Å². The van der Waals surface area contributed by atoms with Crippen molar-refractivity contribution in [2.24, 2.45) is 0 Å². The van der Waals surface area contributed by atoms with Crippen molar-refractivity contribution >= 4 is 11.7 Å². The maximum absolute atomic E-state index is 14.8. The Morgan fingerprint density at radius 2 is 1.88 bits per heavy atom. The summed E-state index contributed by atoms with van der Waals surface area (Å²) in [4.78, 5) is 14.3. The van der Waals surface area contributed by atoms with Gasteiger partial charge in [-0.15, -0.1) is 0 Å². The summed E-state index contributed by atoms with van der Waals surface area (Å²) in [6, 6.07) is 9.30. The van der Waals surface area contributed by atoms with Crippen LogP contribution in [0.25, 0.3) is 5.69 Å². The molecular formula is C23H25FN4O4. The molecule has 2 aromatic carbocycles. The van der Waals surface area contributed by atoms with Crippen LogP contribution in [0.3, 0.4) is 0 Å². The molecule has 2 amide bonds. The van der Waals surface area contributed by atoms with Gasteiger partial charge >= 0.3 is 6.03 Å². The number of aromatic nitrogens is 2. The maximum atomic E-state index is 14.8. The Bertz CT molecular complexity index is 1180. The van der Waals surface area contributed by atoms with E-state index in [4.69, 9.17) is 9.47 Å². The lowest BCUT2D eigenvalue weighted by atomic mass is 9.95. The van der Waals surface area contributed by atoms with E-state index in [1.165, 1.54) is 29.9 Å². The largest absolute Gasteiger partial charge is 0.496 e. The molecular weight excluding hydrogens is 415 g/mol. The molecule has 2 heterocycles. The molecule has 32 heavy (non-hydrogen) atoms. The molecule has 0 fully saturated rings. The number of aliphatic hydroxyl groups is 1. The van der Waals surface area contributed by atoms with Crippen molar-refractivity contribution in [3.05, 3.63) is 64.7 Å². The number of urea groups is 1. The third-order valence-corrected chi connectivity index (χ3v) is 5.51. The second kappa shape index (κ2) is 8.51. The molecule has 0 spiro atoms. The highest BCUT2D eigenvalue weighted by molar-refractivity contribution is 5.89. The average molecular weight is 440 g/mol. The van der Waals surface area contributed by atoms with Gasteiger partial charge in [-0.25, -0.2) is 13.9 Å². The van der Waals surface area contributed by atoms with E-state index in [0.717, 1.165) is 11.4 Å². The highest BCUT2D eigenvalue weighted by atomic mass is 19.1. The molecule has 8 nitrogen and oxygen atoms in total. The topological polar surface area (TPSA) is 88.9 Å².